The third-order valence-electron chi connectivity index (χ3n) is 5.71. The first kappa shape index (κ1) is 24.6. The van der Waals surface area contributed by atoms with Crippen LogP contribution in [0.3, 0.4) is 0 Å². The molecule has 0 spiro atoms. The summed E-state index contributed by atoms with van der Waals surface area (Å²) in [5.41, 5.74) is 2.50. The van der Waals surface area contributed by atoms with Crippen molar-refractivity contribution in [2.45, 2.75) is 11.8 Å². The van der Waals surface area contributed by atoms with E-state index in [1.165, 1.54) is 29.6 Å². The molecule has 1 N–H and O–H groups in total. The minimum Gasteiger partial charge on any atom is -0.495 e. The second kappa shape index (κ2) is 10.4. The van der Waals surface area contributed by atoms with E-state index < -0.39 is 22.6 Å². The molecule has 1 aromatic heterocycles. The molecule has 9 nitrogen and oxygen atoms in total. The Morgan fingerprint density at radius 1 is 1.14 bits per heavy atom. The first-order chi connectivity index (χ1) is 16.8. The number of aromatic nitrogens is 1. The molecule has 2 aromatic carbocycles. The highest BCUT2D eigenvalue weighted by atomic mass is 32.2. The zero-order valence-electron chi connectivity index (χ0n) is 19.4. The summed E-state index contributed by atoms with van der Waals surface area (Å²) in [6.45, 7) is 2.53. The Labute approximate surface area is 203 Å². The van der Waals surface area contributed by atoms with E-state index in [0.29, 0.717) is 30.0 Å². The van der Waals surface area contributed by atoms with Crippen LogP contribution in [0, 0.1) is 6.92 Å². The van der Waals surface area contributed by atoms with Gasteiger partial charge in [0.25, 0.3) is 0 Å². The van der Waals surface area contributed by atoms with Crippen LogP contribution in [0.15, 0.2) is 53.4 Å². The topological polar surface area (TPSA) is 115 Å². The van der Waals surface area contributed by atoms with Crippen LogP contribution in [0.1, 0.15) is 21.6 Å². The number of ketones is 1. The predicted molar refractivity (Wildman–Crippen MR) is 130 cm³/mol. The van der Waals surface area contributed by atoms with Crippen molar-refractivity contribution >= 4 is 38.8 Å². The monoisotopic (exact) mass is 498 g/mol. The van der Waals surface area contributed by atoms with Crippen LogP contribution in [0.5, 0.6) is 5.75 Å². The maximum Gasteiger partial charge on any atom is 0.331 e. The fourth-order valence-corrected chi connectivity index (χ4v) is 5.58. The van der Waals surface area contributed by atoms with Crippen molar-refractivity contribution in [3.8, 4) is 5.75 Å². The Hall–Kier alpha value is -3.47. The number of hydrogen-bond acceptors (Lipinski definition) is 7. The Balaban J connectivity index is 1.45. The number of methoxy groups -OCH3 is 1. The molecule has 0 amide bonds. The fourth-order valence-electron chi connectivity index (χ4n) is 3.98. The summed E-state index contributed by atoms with van der Waals surface area (Å²) >= 11 is 0. The van der Waals surface area contributed by atoms with Crippen LogP contribution in [-0.4, -0.2) is 69.5 Å². The van der Waals surface area contributed by atoms with Gasteiger partial charge in [-0.2, -0.15) is 4.31 Å². The number of nitrogens with zero attached hydrogens (tertiary/aromatic N) is 1. The van der Waals surface area contributed by atoms with E-state index in [1.807, 2.05) is 24.3 Å². The number of carbonyl (C=O) groups excluding carboxylic acids is 2. The Bertz CT molecular complexity index is 1390. The van der Waals surface area contributed by atoms with E-state index in [9.17, 15) is 18.0 Å². The summed E-state index contributed by atoms with van der Waals surface area (Å²) in [5.74, 6) is -0.829. The number of nitrogens with one attached hydrogen (secondary N) is 1. The molecule has 0 bridgehead atoms. The highest BCUT2D eigenvalue weighted by Gasteiger charge is 2.29. The zero-order chi connectivity index (χ0) is 25.0. The lowest BCUT2D eigenvalue weighted by molar-refractivity contribution is -0.136. The molecule has 4 rings (SSSR count). The molecule has 0 radical (unpaired) electrons. The molecular weight excluding hydrogens is 472 g/mol. The third-order valence-corrected chi connectivity index (χ3v) is 7.63. The number of aromatic amines is 1. The number of fused-ring (bicyclic) bond motifs is 1. The van der Waals surface area contributed by atoms with Gasteiger partial charge in [0.2, 0.25) is 15.8 Å². The molecule has 1 aliphatic heterocycles. The summed E-state index contributed by atoms with van der Waals surface area (Å²) in [6, 6.07) is 12.0. The average Bonchev–Trinajstić information content (AvgIpc) is 3.22. The minimum atomic E-state index is -3.80. The molecule has 0 saturated carbocycles. The Kier molecular flexibility index (Phi) is 7.34. The number of esters is 1. The van der Waals surface area contributed by atoms with Crippen LogP contribution in [0.25, 0.3) is 17.0 Å². The molecule has 0 unspecified atom stereocenters. The van der Waals surface area contributed by atoms with Crippen LogP contribution in [0.4, 0.5) is 0 Å². The smallest absolute Gasteiger partial charge is 0.331 e. The zero-order valence-corrected chi connectivity index (χ0v) is 20.3. The molecule has 2 heterocycles. The normalized spacial score (nSPS) is 14.9. The molecule has 1 saturated heterocycles. The predicted octanol–water partition coefficient (Wildman–Crippen LogP) is 2.95. The molecule has 184 valence electrons. The number of sulfonamides is 1. The van der Waals surface area contributed by atoms with Crippen molar-refractivity contribution < 1.29 is 32.2 Å². The summed E-state index contributed by atoms with van der Waals surface area (Å²) in [5, 5.41) is 0.772. The van der Waals surface area contributed by atoms with Crippen LogP contribution < -0.4 is 4.74 Å². The van der Waals surface area contributed by atoms with Gasteiger partial charge >= 0.3 is 5.97 Å². The Morgan fingerprint density at radius 3 is 2.63 bits per heavy atom. The number of benzene rings is 2. The fraction of sp³-hybridized carbons (Fsp3) is 0.280. The Morgan fingerprint density at radius 2 is 1.89 bits per heavy atom. The van der Waals surface area contributed by atoms with Crippen molar-refractivity contribution in [1.29, 1.82) is 0 Å². The van der Waals surface area contributed by atoms with E-state index in [1.54, 1.807) is 13.0 Å². The molecule has 10 heteroatoms. The van der Waals surface area contributed by atoms with Gasteiger partial charge in [0.05, 0.1) is 20.3 Å². The number of Topliss-reactive ketones (excluding diaryl/α,β-unsaturated/α-hetero) is 1. The molecule has 0 atom stereocenters. The quantitative estimate of drug-likeness (QED) is 0.288. The number of para-hydroxylation sites is 1. The second-order valence-corrected chi connectivity index (χ2v) is 9.87. The van der Waals surface area contributed by atoms with E-state index in [-0.39, 0.29) is 29.5 Å². The number of ether oxygens (including phenoxy) is 3. The number of hydrogen-bond donors (Lipinski definition) is 1. The lowest BCUT2D eigenvalue weighted by Gasteiger charge is -2.26. The lowest BCUT2D eigenvalue weighted by atomic mass is 10.1. The van der Waals surface area contributed by atoms with Crippen molar-refractivity contribution in [2.24, 2.45) is 0 Å². The third kappa shape index (κ3) is 5.29. The van der Waals surface area contributed by atoms with Gasteiger partial charge in [-0.25, -0.2) is 13.2 Å². The van der Waals surface area contributed by atoms with Crippen molar-refractivity contribution in [3.05, 3.63) is 65.4 Å². The first-order valence-electron chi connectivity index (χ1n) is 11.0. The molecule has 1 aliphatic rings. The molecule has 0 aliphatic carbocycles. The van der Waals surface area contributed by atoms with Gasteiger partial charge in [0.15, 0.2) is 6.61 Å². The van der Waals surface area contributed by atoms with Gasteiger partial charge in [-0.3, -0.25) is 4.79 Å². The summed E-state index contributed by atoms with van der Waals surface area (Å²) in [4.78, 5) is 28.1. The second-order valence-electron chi connectivity index (χ2n) is 7.96. The van der Waals surface area contributed by atoms with Gasteiger partial charge in [-0.1, -0.05) is 24.3 Å². The summed E-state index contributed by atoms with van der Waals surface area (Å²) in [7, 11) is -2.41. The van der Waals surface area contributed by atoms with Crippen molar-refractivity contribution in [3.63, 3.8) is 0 Å². The molecule has 35 heavy (non-hydrogen) atoms. The number of aryl methyl sites for hydroxylation is 1. The maximum atomic E-state index is 13.1. The number of H-pyrrole nitrogens is 1. The van der Waals surface area contributed by atoms with Crippen molar-refractivity contribution in [1.82, 2.24) is 9.29 Å². The van der Waals surface area contributed by atoms with E-state index in [0.717, 1.165) is 17.0 Å². The van der Waals surface area contributed by atoms with Gasteiger partial charge in [0.1, 0.15) is 10.6 Å². The maximum absolute atomic E-state index is 13.1. The van der Waals surface area contributed by atoms with Crippen molar-refractivity contribution in [2.75, 3.05) is 40.0 Å². The van der Waals surface area contributed by atoms with Crippen LogP contribution >= 0.6 is 0 Å². The number of rotatable bonds is 8. The van der Waals surface area contributed by atoms with Crippen LogP contribution in [0.2, 0.25) is 0 Å². The summed E-state index contributed by atoms with van der Waals surface area (Å²) in [6.07, 6.45) is 2.59. The average molecular weight is 499 g/mol. The largest absolute Gasteiger partial charge is 0.495 e. The SMILES string of the molecule is COc1ccc(/C=C/C(=O)OCC(=O)c2c(C)[nH]c3ccccc23)cc1S(=O)(=O)N1CCOCC1. The molecule has 1 fully saturated rings. The van der Waals surface area contributed by atoms with Gasteiger partial charge in [-0.15, -0.1) is 0 Å². The van der Waals surface area contributed by atoms with E-state index in [2.05, 4.69) is 4.98 Å². The molecular formula is C25H26N2O7S. The minimum absolute atomic E-state index is 0.00223. The number of carbonyl (C=O) groups is 2. The van der Waals surface area contributed by atoms with E-state index in [4.69, 9.17) is 14.2 Å². The highest BCUT2D eigenvalue weighted by Crippen LogP contribution is 2.29. The van der Waals surface area contributed by atoms with Gasteiger partial charge in [-0.05, 0) is 36.8 Å². The molecule has 3 aromatic rings. The van der Waals surface area contributed by atoms with Gasteiger partial charge < -0.3 is 19.2 Å². The number of morpholine rings is 1. The van der Waals surface area contributed by atoms with Crippen LogP contribution in [-0.2, 0) is 24.3 Å². The highest BCUT2D eigenvalue weighted by molar-refractivity contribution is 7.89. The van der Waals surface area contributed by atoms with E-state index >= 15 is 0 Å². The summed E-state index contributed by atoms with van der Waals surface area (Å²) < 4.78 is 43.2. The first-order valence-corrected chi connectivity index (χ1v) is 12.5. The standard InChI is InChI=1S/C25H26N2O7S/c1-17-25(19-5-3-4-6-20(19)26-17)21(28)16-34-24(29)10-8-18-7-9-22(32-2)23(15-18)35(30,31)27-11-13-33-14-12-27/h3-10,15,26H,11-14,16H2,1-2H3/b10-8+. The van der Waals surface area contributed by atoms with Gasteiger partial charge in [0, 0.05) is 41.3 Å². The lowest BCUT2D eigenvalue weighted by Crippen LogP contribution is -2.40.